The zero-order valence-electron chi connectivity index (χ0n) is 15.9. The maximum absolute atomic E-state index is 12.6. The van der Waals surface area contributed by atoms with Gasteiger partial charge in [-0.25, -0.2) is 4.98 Å². The van der Waals surface area contributed by atoms with Crippen LogP contribution in [0.15, 0.2) is 60.8 Å². The van der Waals surface area contributed by atoms with E-state index in [9.17, 15) is 9.59 Å². The van der Waals surface area contributed by atoms with Crippen molar-refractivity contribution in [1.82, 2.24) is 4.98 Å². The van der Waals surface area contributed by atoms with Gasteiger partial charge in [0.25, 0.3) is 5.91 Å². The summed E-state index contributed by atoms with van der Waals surface area (Å²) in [7, 11) is 0. The minimum absolute atomic E-state index is 0.166. The fourth-order valence-corrected chi connectivity index (χ4v) is 2.61. The summed E-state index contributed by atoms with van der Waals surface area (Å²) in [5.41, 5.74) is 3.68. The number of rotatable bonds is 5. The molecule has 6 nitrogen and oxygen atoms in total. The number of aromatic nitrogens is 1. The summed E-state index contributed by atoms with van der Waals surface area (Å²) >= 11 is 0. The lowest BCUT2D eigenvalue weighted by Crippen LogP contribution is -2.13. The van der Waals surface area contributed by atoms with Crippen LogP contribution in [0.5, 0.6) is 11.6 Å². The molecule has 3 rings (SSSR count). The van der Waals surface area contributed by atoms with E-state index in [-0.39, 0.29) is 11.8 Å². The summed E-state index contributed by atoms with van der Waals surface area (Å²) in [5, 5.41) is 5.49. The summed E-state index contributed by atoms with van der Waals surface area (Å²) < 4.78 is 5.95. The second-order valence-electron chi connectivity index (χ2n) is 6.37. The van der Waals surface area contributed by atoms with Crippen molar-refractivity contribution in [1.29, 1.82) is 0 Å². The van der Waals surface area contributed by atoms with E-state index in [0.717, 1.165) is 11.1 Å². The molecular formula is C22H21N3O3. The van der Waals surface area contributed by atoms with E-state index in [2.05, 4.69) is 15.6 Å². The fraction of sp³-hybridized carbons (Fsp3) is 0.136. The van der Waals surface area contributed by atoms with Gasteiger partial charge in [-0.05, 0) is 67.4 Å². The lowest BCUT2D eigenvalue weighted by Gasteiger charge is -2.13. The van der Waals surface area contributed by atoms with Crippen LogP contribution in [0.3, 0.4) is 0 Å². The molecule has 0 radical (unpaired) electrons. The van der Waals surface area contributed by atoms with Crippen molar-refractivity contribution in [3.05, 3.63) is 77.5 Å². The van der Waals surface area contributed by atoms with E-state index in [1.807, 2.05) is 32.0 Å². The van der Waals surface area contributed by atoms with Crippen molar-refractivity contribution in [2.45, 2.75) is 20.8 Å². The highest BCUT2D eigenvalue weighted by Crippen LogP contribution is 2.30. The minimum atomic E-state index is -0.298. The third-order valence-corrected chi connectivity index (χ3v) is 4.25. The van der Waals surface area contributed by atoms with Gasteiger partial charge in [-0.15, -0.1) is 0 Å². The zero-order valence-corrected chi connectivity index (χ0v) is 15.9. The van der Waals surface area contributed by atoms with Gasteiger partial charge in [-0.1, -0.05) is 12.1 Å². The molecule has 28 heavy (non-hydrogen) atoms. The highest BCUT2D eigenvalue weighted by Gasteiger charge is 2.13. The molecule has 1 aromatic heterocycles. The molecule has 0 saturated heterocycles. The normalized spacial score (nSPS) is 10.2. The summed E-state index contributed by atoms with van der Waals surface area (Å²) in [5.74, 6) is 0.544. The van der Waals surface area contributed by atoms with Crippen LogP contribution >= 0.6 is 0 Å². The average Bonchev–Trinajstić information content (AvgIpc) is 2.67. The molecule has 2 N–H and O–H groups in total. The monoisotopic (exact) mass is 375 g/mol. The standard InChI is InChI=1S/C22H21N3O3/c1-14-6-4-8-20(15(14)2)28-22-19(7-5-13-23-22)25-21(27)17-9-11-18(12-10-17)24-16(3)26/h4-13H,1-3H3,(H,24,26)(H,25,27). The maximum Gasteiger partial charge on any atom is 0.255 e. The molecule has 0 spiro atoms. The predicted octanol–water partition coefficient (Wildman–Crippen LogP) is 4.70. The van der Waals surface area contributed by atoms with Crippen LogP contribution in [0.4, 0.5) is 11.4 Å². The molecule has 0 saturated carbocycles. The number of pyridine rings is 1. The van der Waals surface area contributed by atoms with Crippen LogP contribution in [0.2, 0.25) is 0 Å². The first kappa shape index (κ1) is 19.1. The molecule has 0 atom stereocenters. The second-order valence-corrected chi connectivity index (χ2v) is 6.37. The van der Waals surface area contributed by atoms with E-state index in [0.29, 0.717) is 28.6 Å². The summed E-state index contributed by atoms with van der Waals surface area (Å²) in [4.78, 5) is 27.9. The molecule has 6 heteroatoms. The Bertz CT molecular complexity index is 1010. The van der Waals surface area contributed by atoms with Crippen LogP contribution in [0.1, 0.15) is 28.4 Å². The molecule has 0 aliphatic heterocycles. The van der Waals surface area contributed by atoms with Gasteiger partial charge in [0.1, 0.15) is 11.4 Å². The molecule has 2 amide bonds. The smallest absolute Gasteiger partial charge is 0.255 e. The van der Waals surface area contributed by atoms with Crippen molar-refractivity contribution in [3.63, 3.8) is 0 Å². The quantitative estimate of drug-likeness (QED) is 0.677. The highest BCUT2D eigenvalue weighted by atomic mass is 16.5. The Kier molecular flexibility index (Phi) is 5.69. The van der Waals surface area contributed by atoms with E-state index in [1.54, 1.807) is 42.6 Å². The van der Waals surface area contributed by atoms with Crippen molar-refractivity contribution in [3.8, 4) is 11.6 Å². The van der Waals surface area contributed by atoms with Crippen LogP contribution in [0.25, 0.3) is 0 Å². The van der Waals surface area contributed by atoms with Gasteiger partial charge in [0.15, 0.2) is 0 Å². The Labute approximate surface area is 163 Å². The molecular weight excluding hydrogens is 354 g/mol. The van der Waals surface area contributed by atoms with Crippen molar-refractivity contribution < 1.29 is 14.3 Å². The van der Waals surface area contributed by atoms with E-state index < -0.39 is 0 Å². The largest absolute Gasteiger partial charge is 0.437 e. The number of ether oxygens (including phenoxy) is 1. The third-order valence-electron chi connectivity index (χ3n) is 4.25. The average molecular weight is 375 g/mol. The van der Waals surface area contributed by atoms with E-state index in [1.165, 1.54) is 6.92 Å². The van der Waals surface area contributed by atoms with Gasteiger partial charge in [-0.3, -0.25) is 9.59 Å². The number of aryl methyl sites for hydroxylation is 1. The Morgan fingerprint density at radius 2 is 1.68 bits per heavy atom. The first-order valence-electron chi connectivity index (χ1n) is 8.82. The first-order chi connectivity index (χ1) is 13.4. The number of anilines is 2. The van der Waals surface area contributed by atoms with Gasteiger partial charge < -0.3 is 15.4 Å². The number of nitrogens with zero attached hydrogens (tertiary/aromatic N) is 1. The molecule has 0 unspecified atom stereocenters. The Morgan fingerprint density at radius 1 is 0.929 bits per heavy atom. The van der Waals surface area contributed by atoms with Gasteiger partial charge in [0, 0.05) is 24.4 Å². The topological polar surface area (TPSA) is 80.3 Å². The second kappa shape index (κ2) is 8.35. The van der Waals surface area contributed by atoms with Gasteiger partial charge in [0.05, 0.1) is 0 Å². The fourth-order valence-electron chi connectivity index (χ4n) is 2.61. The Hall–Kier alpha value is -3.67. The van der Waals surface area contributed by atoms with Gasteiger partial charge in [0.2, 0.25) is 11.8 Å². The van der Waals surface area contributed by atoms with Crippen LogP contribution in [0, 0.1) is 13.8 Å². The SMILES string of the molecule is CC(=O)Nc1ccc(C(=O)Nc2cccnc2Oc2cccc(C)c2C)cc1. The lowest BCUT2D eigenvalue weighted by atomic mass is 10.1. The summed E-state index contributed by atoms with van der Waals surface area (Å²) in [6, 6.07) is 15.9. The molecule has 1 heterocycles. The molecule has 2 aromatic carbocycles. The summed E-state index contributed by atoms with van der Waals surface area (Å²) in [6.45, 7) is 5.41. The number of carbonyl (C=O) groups is 2. The molecule has 142 valence electrons. The Morgan fingerprint density at radius 3 is 2.39 bits per heavy atom. The number of hydrogen-bond donors (Lipinski definition) is 2. The van der Waals surface area contributed by atoms with Crippen molar-refractivity contribution >= 4 is 23.2 Å². The number of benzene rings is 2. The molecule has 0 bridgehead atoms. The summed E-state index contributed by atoms with van der Waals surface area (Å²) in [6.07, 6.45) is 1.61. The highest BCUT2D eigenvalue weighted by molar-refractivity contribution is 6.05. The number of carbonyl (C=O) groups excluding carboxylic acids is 2. The van der Waals surface area contributed by atoms with Gasteiger partial charge >= 0.3 is 0 Å². The zero-order chi connectivity index (χ0) is 20.1. The van der Waals surface area contributed by atoms with E-state index >= 15 is 0 Å². The van der Waals surface area contributed by atoms with E-state index in [4.69, 9.17) is 4.74 Å². The Balaban J connectivity index is 1.78. The van der Waals surface area contributed by atoms with Crippen LogP contribution in [-0.2, 0) is 4.79 Å². The van der Waals surface area contributed by atoms with Crippen molar-refractivity contribution in [2.24, 2.45) is 0 Å². The van der Waals surface area contributed by atoms with Crippen molar-refractivity contribution in [2.75, 3.05) is 10.6 Å². The van der Waals surface area contributed by atoms with Crippen LogP contribution < -0.4 is 15.4 Å². The maximum atomic E-state index is 12.6. The minimum Gasteiger partial charge on any atom is -0.437 e. The molecule has 3 aromatic rings. The number of hydrogen-bond acceptors (Lipinski definition) is 4. The third kappa shape index (κ3) is 4.54. The lowest BCUT2D eigenvalue weighted by molar-refractivity contribution is -0.114. The van der Waals surface area contributed by atoms with Crippen LogP contribution in [-0.4, -0.2) is 16.8 Å². The predicted molar refractivity (Wildman–Crippen MR) is 109 cm³/mol. The number of amides is 2. The number of nitrogens with one attached hydrogen (secondary N) is 2. The van der Waals surface area contributed by atoms with Gasteiger partial charge in [-0.2, -0.15) is 0 Å². The first-order valence-corrected chi connectivity index (χ1v) is 8.82. The molecule has 0 fully saturated rings. The molecule has 0 aliphatic rings. The molecule has 0 aliphatic carbocycles.